The van der Waals surface area contributed by atoms with E-state index in [0.29, 0.717) is 83.7 Å². The van der Waals surface area contributed by atoms with Crippen molar-refractivity contribution >= 4 is 0 Å². The van der Waals surface area contributed by atoms with E-state index in [1.54, 1.807) is 0 Å². The van der Waals surface area contributed by atoms with Gasteiger partial charge in [0.2, 0.25) is 5.92 Å². The molecular weight excluding hydrogens is 1660 g/mol. The highest BCUT2D eigenvalue weighted by molar-refractivity contribution is 5.22. The molecular formula is C121H219F2N11O. The highest BCUT2D eigenvalue weighted by Crippen LogP contribution is 2.38. The average molecular weight is 1880 g/mol. The molecule has 0 radical (unpaired) electrons. The number of hydrogen-bond acceptors (Lipinski definition) is 12. The van der Waals surface area contributed by atoms with Gasteiger partial charge in [0, 0.05) is 130 Å². The maximum absolute atomic E-state index is 12.9. The summed E-state index contributed by atoms with van der Waals surface area (Å²) in [5, 5.41) is 9.36. The first kappa shape index (κ1) is 122. The fraction of sp³-hybridized carbons (Fsp3) is 0.810. The van der Waals surface area contributed by atoms with Crippen LogP contribution < -0.4 is 0 Å². The van der Waals surface area contributed by atoms with Gasteiger partial charge in [-0.25, -0.2) is 8.78 Å². The Kier molecular flexibility index (Phi) is 59.0. The van der Waals surface area contributed by atoms with Crippen LogP contribution in [-0.4, -0.2) is 248 Å². The summed E-state index contributed by atoms with van der Waals surface area (Å²) in [6, 6.07) is 47.1. The number of aromatic nitrogens is 1. The summed E-state index contributed by atoms with van der Waals surface area (Å²) in [6.45, 7) is 84.9. The van der Waals surface area contributed by atoms with E-state index in [4.69, 9.17) is 0 Å². The highest BCUT2D eigenvalue weighted by Gasteiger charge is 2.35. The van der Waals surface area contributed by atoms with Crippen LogP contribution in [0.25, 0.3) is 0 Å². The van der Waals surface area contributed by atoms with Crippen LogP contribution in [0.2, 0.25) is 0 Å². The SMILES string of the molecule is CC(C)N1CCCC(F)(F)CC1.CC(C)N1CCCC(O)CC1.CC(C)N1CCCC(c2ccccc2)CC1.CC(C)N1CCCCC(C)(C)C1.CC(C)N1CCCCC(c2ccccc2)C1.CC(C)N1CCCCCC1(C)C.CC(C)N1CCCCCC1c1ccccc1.CC(C)N1CCCCCC1c1ccccn1.CC1CCCCN(C(C)C)C1.CC1CN(C(C)C)CCC(C)(C)C1. The molecule has 7 atom stereocenters. The zero-order chi connectivity index (χ0) is 99.7. The molecule has 0 saturated carbocycles. The van der Waals surface area contributed by atoms with E-state index in [9.17, 15) is 13.9 Å². The van der Waals surface area contributed by atoms with E-state index in [1.165, 1.54) is 274 Å². The molecule has 10 saturated heterocycles. The molecule has 0 amide bonds. The van der Waals surface area contributed by atoms with Crippen LogP contribution in [0.15, 0.2) is 115 Å². The highest BCUT2D eigenvalue weighted by atomic mass is 19.3. The molecule has 135 heavy (non-hydrogen) atoms. The number of rotatable bonds is 14. The number of likely N-dealkylation sites (tertiary alicyclic amines) is 10. The fourth-order valence-corrected chi connectivity index (χ4v) is 22.8. The van der Waals surface area contributed by atoms with Crippen LogP contribution in [0, 0.1) is 22.7 Å². The van der Waals surface area contributed by atoms with E-state index in [-0.39, 0.29) is 18.9 Å². The minimum atomic E-state index is -2.41. The second-order valence-corrected chi connectivity index (χ2v) is 48.1. The minimum absolute atomic E-state index is 0.0329. The quantitative estimate of drug-likeness (QED) is 0.131. The van der Waals surface area contributed by atoms with Crippen LogP contribution in [0.1, 0.15) is 446 Å². The molecule has 4 aromatic rings. The fourth-order valence-electron chi connectivity index (χ4n) is 22.8. The van der Waals surface area contributed by atoms with E-state index >= 15 is 0 Å². The topological polar surface area (TPSA) is 65.5 Å². The van der Waals surface area contributed by atoms with E-state index in [1.807, 2.05) is 12.3 Å². The molecule has 1 N–H and O–H groups in total. The average Bonchev–Trinajstić information content (AvgIpc) is 1.84. The number of nitrogens with zero attached hydrogens (tertiary/aromatic N) is 11. The molecule has 0 spiro atoms. The molecule has 3 aromatic carbocycles. The molecule has 12 nitrogen and oxygen atoms in total. The summed E-state index contributed by atoms with van der Waals surface area (Å²) in [5.74, 6) is 0.889. The molecule has 10 aliphatic heterocycles. The van der Waals surface area contributed by atoms with Crippen molar-refractivity contribution in [3.8, 4) is 0 Å². The molecule has 1 aromatic heterocycles. The summed E-state index contributed by atoms with van der Waals surface area (Å²) in [6.07, 6.45) is 41.4. The smallest absolute Gasteiger partial charge is 0.249 e. The Balaban J connectivity index is 0.000000266. The number of hydrogen-bond donors (Lipinski definition) is 1. The van der Waals surface area contributed by atoms with Gasteiger partial charge in [0.1, 0.15) is 0 Å². The Morgan fingerprint density at radius 1 is 0.296 bits per heavy atom. The molecule has 14 rings (SSSR count). The van der Waals surface area contributed by atoms with Crippen molar-refractivity contribution in [3.63, 3.8) is 0 Å². The Labute approximate surface area is 835 Å². The summed E-state index contributed by atoms with van der Waals surface area (Å²) >= 11 is 0. The van der Waals surface area contributed by atoms with Crippen molar-refractivity contribution in [1.82, 2.24) is 54.0 Å². The summed E-state index contributed by atoms with van der Waals surface area (Å²) in [7, 11) is 0. The van der Waals surface area contributed by atoms with Crippen molar-refractivity contribution < 1.29 is 13.9 Å². The lowest BCUT2D eigenvalue weighted by molar-refractivity contribution is -0.0136. The lowest BCUT2D eigenvalue weighted by Crippen LogP contribution is -2.47. The van der Waals surface area contributed by atoms with Crippen LogP contribution in [0.4, 0.5) is 8.78 Å². The van der Waals surface area contributed by atoms with Gasteiger partial charge < -0.3 is 39.4 Å². The second kappa shape index (κ2) is 65.5. The van der Waals surface area contributed by atoms with Gasteiger partial charge in [-0.3, -0.25) is 19.7 Å². The Bertz CT molecular complexity index is 3450. The Morgan fingerprint density at radius 3 is 1.24 bits per heavy atom. The van der Waals surface area contributed by atoms with Gasteiger partial charge in [-0.1, -0.05) is 196 Å². The molecule has 11 heterocycles. The lowest BCUT2D eigenvalue weighted by Gasteiger charge is -2.40. The molecule has 0 bridgehead atoms. The van der Waals surface area contributed by atoms with Gasteiger partial charge in [-0.05, 0) is 422 Å². The number of halogens is 2. The first-order chi connectivity index (χ1) is 64.0. The standard InChI is InChI=1S/3C15H23N.C14H22N2.C12H25N.2C11H23N.C10H21N.C9H17F2N.C9H19NO/c1-13(2)16-12-8-4-7-11-15(16)14-9-5-3-6-10-14;1-13(2)16-11-7-6-10-15(12-16)14-8-4-3-5-9-14;1-13(2)16-11-6-9-15(10-12-16)14-7-4-3-5-8-14;1-12(2)16-11-7-3-4-9-14(16)13-8-5-6-10-15-13;1-10(2)13-7-6-12(4,5)8-11(3)9-13;1-10(2)12-8-6-5-7-11(3,4)9-12;1-10(2)12-9-7-5-6-8-11(12,3)4;1-9(2)11-7-5-4-6-10(3)8-11;1-8(2)12-6-3-4-9(10,11)5-7-12;1-8(2)10-6-3-4-9(11)5-7-10/h3,5-6,9-10,13,15H,4,7-8,11-12H2,1-2H3;3-5,8-9,13,15H,6-7,10-12H2,1-2H3;3-5,7-8,13,15H,6,9-12H2,1-2H3;5-6,8,10,12,14H,3-4,7,9,11H2,1-2H3;10-11H,6-9H2,1-5H3;2*10H,5-9H2,1-4H3;9-10H,4-8H2,1-3H3;8H,3-7H2,1-2H3;8-9,11H,3-7H2,1-2H3. The summed E-state index contributed by atoms with van der Waals surface area (Å²) in [4.78, 5) is 30.1. The summed E-state index contributed by atoms with van der Waals surface area (Å²) in [5.41, 5.74) is 7.34. The maximum atomic E-state index is 12.9. The molecule has 14 heteroatoms. The molecule has 7 unspecified atom stereocenters. The molecule has 778 valence electrons. The third-order valence-corrected chi connectivity index (χ3v) is 31.5. The first-order valence-corrected chi connectivity index (χ1v) is 56.6. The number of aliphatic hydroxyl groups is 1. The van der Waals surface area contributed by atoms with Crippen LogP contribution >= 0.6 is 0 Å². The van der Waals surface area contributed by atoms with Gasteiger partial charge in [-0.2, -0.15) is 0 Å². The largest absolute Gasteiger partial charge is 0.393 e. The van der Waals surface area contributed by atoms with Gasteiger partial charge in [-0.15, -0.1) is 0 Å². The van der Waals surface area contributed by atoms with E-state index in [0.717, 1.165) is 80.7 Å². The van der Waals surface area contributed by atoms with Crippen molar-refractivity contribution in [1.29, 1.82) is 0 Å². The number of alkyl halides is 2. The normalized spacial score (nSPS) is 25.6. The Morgan fingerprint density at radius 2 is 0.704 bits per heavy atom. The first-order valence-electron chi connectivity index (χ1n) is 56.6. The van der Waals surface area contributed by atoms with Crippen LogP contribution in [-0.2, 0) is 0 Å². The van der Waals surface area contributed by atoms with Gasteiger partial charge >= 0.3 is 0 Å². The number of pyridine rings is 1. The van der Waals surface area contributed by atoms with Gasteiger partial charge in [0.25, 0.3) is 0 Å². The predicted molar refractivity (Wildman–Crippen MR) is 586 cm³/mol. The molecule has 10 fully saturated rings. The zero-order valence-electron chi connectivity index (χ0n) is 93.6. The predicted octanol–water partition coefficient (Wildman–Crippen LogP) is 30.1. The molecule has 0 aliphatic carbocycles. The lowest BCUT2D eigenvalue weighted by atomic mass is 9.82. The van der Waals surface area contributed by atoms with Crippen LogP contribution in [0.5, 0.6) is 0 Å². The monoisotopic (exact) mass is 1880 g/mol. The van der Waals surface area contributed by atoms with Crippen molar-refractivity contribution in [2.45, 2.75) is 501 Å². The Hall–Kier alpha value is -3.77. The van der Waals surface area contributed by atoms with Gasteiger partial charge in [0.15, 0.2) is 0 Å². The van der Waals surface area contributed by atoms with E-state index < -0.39 is 5.92 Å². The van der Waals surface area contributed by atoms with Crippen molar-refractivity contribution in [3.05, 3.63) is 138 Å². The summed E-state index contributed by atoms with van der Waals surface area (Å²) < 4.78 is 25.7. The second-order valence-electron chi connectivity index (χ2n) is 48.1. The maximum Gasteiger partial charge on any atom is 0.249 e. The van der Waals surface area contributed by atoms with Gasteiger partial charge in [0.05, 0.1) is 17.8 Å². The van der Waals surface area contributed by atoms with Crippen molar-refractivity contribution in [2.24, 2.45) is 22.7 Å². The van der Waals surface area contributed by atoms with Crippen molar-refractivity contribution in [2.75, 3.05) is 111 Å². The third kappa shape index (κ3) is 49.4. The number of aliphatic hydroxyl groups excluding tert-OH is 1. The zero-order valence-corrected chi connectivity index (χ0v) is 93.6. The minimum Gasteiger partial charge on any atom is -0.393 e. The molecule has 10 aliphatic rings. The number of benzene rings is 3. The van der Waals surface area contributed by atoms with E-state index in [2.05, 4.69) is 351 Å². The van der Waals surface area contributed by atoms with Crippen LogP contribution in [0.3, 0.4) is 0 Å². The third-order valence-electron chi connectivity index (χ3n) is 31.5.